The SMILES string of the molecule is CN1CCC(N(C)C(=O)c2cccc(-c3ccc(Oc4ccc(F)cc4)cc3)n2)CC1. The number of rotatable bonds is 5. The predicted octanol–water partition coefficient (Wildman–Crippen LogP) is 4.85. The van der Waals surface area contributed by atoms with Gasteiger partial charge in [-0.05, 0) is 93.6 Å². The standard InChI is InChI=1S/C25H26FN3O2/c1-28-16-14-20(15-17-28)29(2)25(30)24-5-3-4-23(27-24)18-6-10-21(11-7-18)31-22-12-8-19(26)9-13-22/h3-13,20H,14-17H2,1-2H3. The zero-order chi connectivity index (χ0) is 21.8. The molecule has 0 N–H and O–H groups in total. The average molecular weight is 420 g/mol. The molecule has 4 rings (SSSR count). The molecule has 31 heavy (non-hydrogen) atoms. The summed E-state index contributed by atoms with van der Waals surface area (Å²) in [6.07, 6.45) is 1.96. The molecule has 0 atom stereocenters. The molecular weight excluding hydrogens is 393 g/mol. The van der Waals surface area contributed by atoms with Gasteiger partial charge in [0.1, 0.15) is 23.0 Å². The Kier molecular flexibility index (Phi) is 6.28. The molecule has 0 bridgehead atoms. The van der Waals surface area contributed by atoms with Crippen LogP contribution in [0.1, 0.15) is 23.3 Å². The number of piperidine rings is 1. The van der Waals surface area contributed by atoms with Crippen molar-refractivity contribution in [1.82, 2.24) is 14.8 Å². The lowest BCUT2D eigenvalue weighted by molar-refractivity contribution is 0.0654. The fourth-order valence-corrected chi connectivity index (χ4v) is 3.78. The minimum absolute atomic E-state index is 0.0485. The van der Waals surface area contributed by atoms with E-state index in [1.807, 2.05) is 48.3 Å². The van der Waals surface area contributed by atoms with Crippen LogP contribution in [0.25, 0.3) is 11.3 Å². The topological polar surface area (TPSA) is 45.7 Å². The van der Waals surface area contributed by atoms with Gasteiger partial charge in [-0.15, -0.1) is 0 Å². The first kappa shape index (κ1) is 21.0. The highest BCUT2D eigenvalue weighted by molar-refractivity contribution is 5.93. The Balaban J connectivity index is 1.46. The first-order valence-corrected chi connectivity index (χ1v) is 10.5. The Morgan fingerprint density at radius 3 is 2.26 bits per heavy atom. The third-order valence-electron chi connectivity index (χ3n) is 5.72. The van der Waals surface area contributed by atoms with Crippen molar-refractivity contribution in [1.29, 1.82) is 0 Å². The summed E-state index contributed by atoms with van der Waals surface area (Å²) < 4.78 is 18.8. The van der Waals surface area contributed by atoms with E-state index in [9.17, 15) is 9.18 Å². The van der Waals surface area contributed by atoms with E-state index in [-0.39, 0.29) is 17.8 Å². The second-order valence-electron chi connectivity index (χ2n) is 7.94. The molecule has 2 heterocycles. The normalized spacial score (nSPS) is 14.9. The monoisotopic (exact) mass is 419 g/mol. The second-order valence-corrected chi connectivity index (χ2v) is 7.94. The van der Waals surface area contributed by atoms with E-state index in [2.05, 4.69) is 16.9 Å². The molecule has 1 aliphatic rings. The number of benzene rings is 2. The van der Waals surface area contributed by atoms with E-state index < -0.39 is 0 Å². The third-order valence-corrected chi connectivity index (χ3v) is 5.72. The van der Waals surface area contributed by atoms with Gasteiger partial charge in [0, 0.05) is 18.7 Å². The summed E-state index contributed by atoms with van der Waals surface area (Å²) in [4.78, 5) is 21.7. The average Bonchev–Trinajstić information content (AvgIpc) is 2.81. The van der Waals surface area contributed by atoms with Gasteiger partial charge in [-0.25, -0.2) is 9.37 Å². The lowest BCUT2D eigenvalue weighted by Crippen LogP contribution is -2.44. The highest BCUT2D eigenvalue weighted by Crippen LogP contribution is 2.26. The van der Waals surface area contributed by atoms with Gasteiger partial charge in [-0.3, -0.25) is 4.79 Å². The number of carbonyl (C=O) groups excluding carboxylic acids is 1. The highest BCUT2D eigenvalue weighted by Gasteiger charge is 2.25. The number of halogens is 1. The maximum atomic E-state index is 13.0. The molecule has 5 nitrogen and oxygen atoms in total. The maximum Gasteiger partial charge on any atom is 0.272 e. The van der Waals surface area contributed by atoms with Crippen LogP contribution in [-0.4, -0.2) is 53.9 Å². The van der Waals surface area contributed by atoms with Crippen molar-refractivity contribution in [3.8, 4) is 22.8 Å². The van der Waals surface area contributed by atoms with Crippen LogP contribution in [0.3, 0.4) is 0 Å². The Morgan fingerprint density at radius 2 is 1.61 bits per heavy atom. The summed E-state index contributed by atoms with van der Waals surface area (Å²) in [6, 6.07) is 19.1. The molecule has 1 aliphatic heterocycles. The zero-order valence-electron chi connectivity index (χ0n) is 17.8. The summed E-state index contributed by atoms with van der Waals surface area (Å²) in [7, 11) is 3.98. The van der Waals surface area contributed by atoms with Gasteiger partial charge in [0.05, 0.1) is 5.69 Å². The van der Waals surface area contributed by atoms with Crippen LogP contribution in [0, 0.1) is 5.82 Å². The molecule has 6 heteroatoms. The number of amides is 1. The molecule has 1 amide bonds. The number of likely N-dealkylation sites (tertiary alicyclic amines) is 1. The first-order chi connectivity index (χ1) is 15.0. The summed E-state index contributed by atoms with van der Waals surface area (Å²) in [5.74, 6) is 0.860. The molecule has 0 aliphatic carbocycles. The Labute approximate surface area is 182 Å². The lowest BCUT2D eigenvalue weighted by Gasteiger charge is -2.35. The summed E-state index contributed by atoms with van der Waals surface area (Å²) in [6.45, 7) is 2.00. The predicted molar refractivity (Wildman–Crippen MR) is 119 cm³/mol. The number of hydrogen-bond donors (Lipinski definition) is 0. The number of hydrogen-bond acceptors (Lipinski definition) is 4. The van der Waals surface area contributed by atoms with Crippen LogP contribution in [0.4, 0.5) is 4.39 Å². The summed E-state index contributed by atoms with van der Waals surface area (Å²) >= 11 is 0. The number of ether oxygens (including phenoxy) is 1. The molecule has 1 aromatic heterocycles. The van der Waals surface area contributed by atoms with Gasteiger partial charge < -0.3 is 14.5 Å². The summed E-state index contributed by atoms with van der Waals surface area (Å²) in [5.41, 5.74) is 2.07. The van der Waals surface area contributed by atoms with Crippen LogP contribution in [-0.2, 0) is 0 Å². The van der Waals surface area contributed by atoms with Crippen molar-refractivity contribution in [2.45, 2.75) is 18.9 Å². The van der Waals surface area contributed by atoms with E-state index in [0.717, 1.165) is 37.2 Å². The summed E-state index contributed by atoms with van der Waals surface area (Å²) in [5, 5.41) is 0. The minimum Gasteiger partial charge on any atom is -0.457 e. The van der Waals surface area contributed by atoms with Crippen LogP contribution in [0.2, 0.25) is 0 Å². The molecule has 1 saturated heterocycles. The van der Waals surface area contributed by atoms with Crippen molar-refractivity contribution < 1.29 is 13.9 Å². The van der Waals surface area contributed by atoms with Gasteiger partial charge in [0.15, 0.2) is 0 Å². The molecule has 0 spiro atoms. The molecule has 160 valence electrons. The Hall–Kier alpha value is -3.25. The highest BCUT2D eigenvalue weighted by atomic mass is 19.1. The van der Waals surface area contributed by atoms with Crippen molar-refractivity contribution in [3.63, 3.8) is 0 Å². The van der Waals surface area contributed by atoms with Gasteiger partial charge in [0.25, 0.3) is 5.91 Å². The van der Waals surface area contributed by atoms with Crippen molar-refractivity contribution in [3.05, 3.63) is 78.2 Å². The number of aromatic nitrogens is 1. The van der Waals surface area contributed by atoms with E-state index in [1.165, 1.54) is 12.1 Å². The molecule has 0 saturated carbocycles. The molecule has 3 aromatic rings. The number of nitrogens with zero attached hydrogens (tertiary/aromatic N) is 3. The number of pyridine rings is 1. The van der Waals surface area contributed by atoms with Gasteiger partial charge in [-0.2, -0.15) is 0 Å². The van der Waals surface area contributed by atoms with Gasteiger partial charge in [-0.1, -0.05) is 6.07 Å². The quantitative estimate of drug-likeness (QED) is 0.593. The third kappa shape index (κ3) is 5.09. The Morgan fingerprint density at radius 1 is 1.00 bits per heavy atom. The first-order valence-electron chi connectivity index (χ1n) is 10.5. The van der Waals surface area contributed by atoms with Crippen molar-refractivity contribution in [2.24, 2.45) is 0 Å². The second kappa shape index (κ2) is 9.27. The van der Waals surface area contributed by atoms with Crippen molar-refractivity contribution in [2.75, 3.05) is 27.2 Å². The van der Waals surface area contributed by atoms with Crippen LogP contribution in [0.15, 0.2) is 66.7 Å². The smallest absolute Gasteiger partial charge is 0.272 e. The molecular formula is C25H26FN3O2. The largest absolute Gasteiger partial charge is 0.457 e. The fourth-order valence-electron chi connectivity index (χ4n) is 3.78. The van der Waals surface area contributed by atoms with Crippen molar-refractivity contribution >= 4 is 5.91 Å². The maximum absolute atomic E-state index is 13.0. The molecule has 1 fully saturated rings. The molecule has 2 aromatic carbocycles. The van der Waals surface area contributed by atoms with Crippen LogP contribution >= 0.6 is 0 Å². The molecule has 0 radical (unpaired) electrons. The van der Waals surface area contributed by atoms with E-state index in [0.29, 0.717) is 17.2 Å². The van der Waals surface area contributed by atoms with Gasteiger partial charge >= 0.3 is 0 Å². The van der Waals surface area contributed by atoms with Crippen LogP contribution in [0.5, 0.6) is 11.5 Å². The van der Waals surface area contributed by atoms with Gasteiger partial charge in [0.2, 0.25) is 0 Å². The van der Waals surface area contributed by atoms with E-state index >= 15 is 0 Å². The molecule has 0 unspecified atom stereocenters. The minimum atomic E-state index is -0.301. The van der Waals surface area contributed by atoms with E-state index in [1.54, 1.807) is 18.2 Å². The number of carbonyl (C=O) groups is 1. The zero-order valence-corrected chi connectivity index (χ0v) is 17.8. The lowest BCUT2D eigenvalue weighted by atomic mass is 10.0. The Bertz CT molecular complexity index is 1030. The van der Waals surface area contributed by atoms with E-state index in [4.69, 9.17) is 4.74 Å². The van der Waals surface area contributed by atoms with Crippen LogP contribution < -0.4 is 4.74 Å². The fraction of sp³-hybridized carbons (Fsp3) is 0.280.